The Hall–Kier alpha value is -0.160. The molecule has 1 saturated heterocycles. The monoisotopic (exact) mass is 148 g/mol. The third-order valence-electron chi connectivity index (χ3n) is 1.78. The summed E-state index contributed by atoms with van der Waals surface area (Å²) in [5, 5.41) is 26.2. The second-order valence-corrected chi connectivity index (χ2v) is 2.49. The Morgan fingerprint density at radius 1 is 1.30 bits per heavy atom. The van der Waals surface area contributed by atoms with Crippen molar-refractivity contribution in [1.29, 1.82) is 0 Å². The summed E-state index contributed by atoms with van der Waals surface area (Å²) >= 11 is 0. The molecule has 0 spiro atoms. The molecule has 3 N–H and O–H groups in total. The molecular weight excluding hydrogens is 136 g/mol. The Labute approximate surface area is 59.1 Å². The first kappa shape index (κ1) is 7.94. The first-order valence-corrected chi connectivity index (χ1v) is 3.33. The highest BCUT2D eigenvalue weighted by Crippen LogP contribution is 2.23. The van der Waals surface area contributed by atoms with E-state index in [4.69, 9.17) is 20.1 Å². The lowest BCUT2D eigenvalue weighted by Gasteiger charge is -2.11. The summed E-state index contributed by atoms with van der Waals surface area (Å²) in [4.78, 5) is 0. The van der Waals surface area contributed by atoms with Crippen LogP contribution in [-0.4, -0.2) is 40.9 Å². The van der Waals surface area contributed by atoms with Crippen molar-refractivity contribution in [3.63, 3.8) is 0 Å². The van der Waals surface area contributed by atoms with Gasteiger partial charge < -0.3 is 20.1 Å². The molecule has 4 nitrogen and oxygen atoms in total. The molecular formula is C6H12O4. The molecule has 0 aromatic carbocycles. The van der Waals surface area contributed by atoms with Crippen LogP contribution in [0.4, 0.5) is 0 Å². The molecule has 0 aliphatic carbocycles. The third-order valence-corrected chi connectivity index (χ3v) is 1.78. The molecule has 0 bridgehead atoms. The van der Waals surface area contributed by atoms with Crippen LogP contribution in [-0.2, 0) is 4.74 Å². The molecule has 1 fully saturated rings. The Morgan fingerprint density at radius 2 is 2.00 bits per heavy atom. The van der Waals surface area contributed by atoms with Crippen molar-refractivity contribution >= 4 is 0 Å². The number of aliphatic hydroxyl groups excluding tert-OH is 3. The molecule has 0 aromatic heterocycles. The summed E-state index contributed by atoms with van der Waals surface area (Å²) in [5.74, 6) is -0.111. The van der Waals surface area contributed by atoms with Crippen molar-refractivity contribution in [3.05, 3.63) is 0 Å². The van der Waals surface area contributed by atoms with Crippen LogP contribution in [0.5, 0.6) is 0 Å². The minimum atomic E-state index is -0.811. The normalized spacial score (nSPS) is 40.5. The fourth-order valence-electron chi connectivity index (χ4n) is 1.16. The highest BCUT2D eigenvalue weighted by Gasteiger charge is 2.32. The van der Waals surface area contributed by atoms with Crippen LogP contribution in [0.25, 0.3) is 0 Å². The Kier molecular flexibility index (Phi) is 2.62. The van der Waals surface area contributed by atoms with Gasteiger partial charge in [-0.3, -0.25) is 0 Å². The van der Waals surface area contributed by atoms with E-state index >= 15 is 0 Å². The van der Waals surface area contributed by atoms with Crippen LogP contribution >= 0.6 is 0 Å². The summed E-state index contributed by atoms with van der Waals surface area (Å²) in [6.45, 7) is -0.176. The number of hydrogen-bond donors (Lipinski definition) is 3. The summed E-state index contributed by atoms with van der Waals surface area (Å²) in [7, 11) is 0. The molecule has 3 atom stereocenters. The highest BCUT2D eigenvalue weighted by atomic mass is 16.6. The van der Waals surface area contributed by atoms with E-state index < -0.39 is 6.29 Å². The van der Waals surface area contributed by atoms with Gasteiger partial charge in [-0.15, -0.1) is 0 Å². The van der Waals surface area contributed by atoms with Crippen LogP contribution in [0.15, 0.2) is 0 Å². The second kappa shape index (κ2) is 3.30. The lowest BCUT2D eigenvalue weighted by atomic mass is 10.0. The van der Waals surface area contributed by atoms with Gasteiger partial charge >= 0.3 is 0 Å². The van der Waals surface area contributed by atoms with E-state index in [1.807, 2.05) is 0 Å². The number of hydrogen-bond acceptors (Lipinski definition) is 4. The SMILES string of the molecule is OC[C@@H]1CC(O)O[C@@H]1CO. The van der Waals surface area contributed by atoms with Crippen LogP contribution in [0, 0.1) is 5.92 Å². The molecule has 1 rings (SSSR count). The van der Waals surface area contributed by atoms with Crippen molar-refractivity contribution in [2.75, 3.05) is 13.2 Å². The van der Waals surface area contributed by atoms with Gasteiger partial charge in [-0.2, -0.15) is 0 Å². The molecule has 1 aliphatic heterocycles. The zero-order valence-electron chi connectivity index (χ0n) is 5.60. The fraction of sp³-hybridized carbons (Fsp3) is 1.00. The fourth-order valence-corrected chi connectivity index (χ4v) is 1.16. The predicted octanol–water partition coefficient (Wildman–Crippen LogP) is -1.31. The first-order valence-electron chi connectivity index (χ1n) is 3.33. The van der Waals surface area contributed by atoms with Gasteiger partial charge in [0.15, 0.2) is 6.29 Å². The molecule has 60 valence electrons. The van der Waals surface area contributed by atoms with Crippen molar-refractivity contribution in [1.82, 2.24) is 0 Å². The van der Waals surface area contributed by atoms with Crippen LogP contribution < -0.4 is 0 Å². The van der Waals surface area contributed by atoms with Gasteiger partial charge in [0.25, 0.3) is 0 Å². The lowest BCUT2D eigenvalue weighted by Crippen LogP contribution is -2.23. The van der Waals surface area contributed by atoms with Crippen molar-refractivity contribution < 1.29 is 20.1 Å². The molecule has 0 aromatic rings. The molecule has 1 unspecified atom stereocenters. The van der Waals surface area contributed by atoms with Crippen molar-refractivity contribution in [2.24, 2.45) is 5.92 Å². The maximum atomic E-state index is 8.89. The summed E-state index contributed by atoms with van der Waals surface area (Å²) in [5.41, 5.74) is 0. The van der Waals surface area contributed by atoms with Gasteiger partial charge in [0, 0.05) is 18.9 Å². The largest absolute Gasteiger partial charge is 0.396 e. The second-order valence-electron chi connectivity index (χ2n) is 2.49. The highest BCUT2D eigenvalue weighted by molar-refractivity contribution is 4.76. The molecule has 0 saturated carbocycles. The standard InChI is InChI=1S/C6H12O4/c7-2-4-1-6(9)10-5(4)3-8/h4-9H,1-3H2/t4-,5+,6?/m0/s1. The minimum absolute atomic E-state index is 0.0394. The molecule has 0 amide bonds. The smallest absolute Gasteiger partial charge is 0.155 e. The first-order chi connectivity index (χ1) is 4.77. The van der Waals surface area contributed by atoms with E-state index in [2.05, 4.69) is 0 Å². The zero-order chi connectivity index (χ0) is 7.56. The van der Waals surface area contributed by atoms with Gasteiger partial charge in [-0.25, -0.2) is 0 Å². The van der Waals surface area contributed by atoms with E-state index in [1.54, 1.807) is 0 Å². The molecule has 4 heteroatoms. The number of ether oxygens (including phenoxy) is 1. The minimum Gasteiger partial charge on any atom is -0.396 e. The molecule has 1 heterocycles. The summed E-state index contributed by atoms with van der Waals surface area (Å²) in [6, 6.07) is 0. The van der Waals surface area contributed by atoms with Crippen LogP contribution in [0.2, 0.25) is 0 Å². The van der Waals surface area contributed by atoms with E-state index in [1.165, 1.54) is 0 Å². The van der Waals surface area contributed by atoms with Crippen LogP contribution in [0.1, 0.15) is 6.42 Å². The van der Waals surface area contributed by atoms with E-state index in [9.17, 15) is 0 Å². The third kappa shape index (κ3) is 1.46. The van der Waals surface area contributed by atoms with E-state index in [-0.39, 0.29) is 25.2 Å². The topological polar surface area (TPSA) is 69.9 Å². The number of rotatable bonds is 2. The average molecular weight is 148 g/mol. The van der Waals surface area contributed by atoms with Gasteiger partial charge in [0.1, 0.15) is 0 Å². The quantitative estimate of drug-likeness (QED) is 0.455. The zero-order valence-corrected chi connectivity index (χ0v) is 5.60. The average Bonchev–Trinajstić information content (AvgIpc) is 2.30. The van der Waals surface area contributed by atoms with Gasteiger partial charge in [0.05, 0.1) is 12.7 Å². The predicted molar refractivity (Wildman–Crippen MR) is 33.2 cm³/mol. The maximum absolute atomic E-state index is 8.89. The van der Waals surface area contributed by atoms with Crippen molar-refractivity contribution in [3.8, 4) is 0 Å². The summed E-state index contributed by atoms with van der Waals surface area (Å²) < 4.78 is 4.86. The van der Waals surface area contributed by atoms with Gasteiger partial charge in [0.2, 0.25) is 0 Å². The number of aliphatic hydroxyl groups is 3. The van der Waals surface area contributed by atoms with Crippen molar-refractivity contribution in [2.45, 2.75) is 18.8 Å². The van der Waals surface area contributed by atoms with E-state index in [0.29, 0.717) is 6.42 Å². The Morgan fingerprint density at radius 3 is 2.40 bits per heavy atom. The maximum Gasteiger partial charge on any atom is 0.155 e. The summed E-state index contributed by atoms with van der Waals surface area (Å²) in [6.07, 6.45) is -0.781. The molecule has 0 radical (unpaired) electrons. The van der Waals surface area contributed by atoms with Gasteiger partial charge in [-0.1, -0.05) is 0 Å². The van der Waals surface area contributed by atoms with Crippen LogP contribution in [0.3, 0.4) is 0 Å². The lowest BCUT2D eigenvalue weighted by molar-refractivity contribution is -0.104. The molecule has 1 aliphatic rings. The molecule has 10 heavy (non-hydrogen) atoms. The van der Waals surface area contributed by atoms with Gasteiger partial charge in [-0.05, 0) is 0 Å². The van der Waals surface area contributed by atoms with E-state index in [0.717, 1.165) is 0 Å². The Balaban J connectivity index is 2.41. The Bertz CT molecular complexity index is 93.9.